The van der Waals surface area contributed by atoms with Crippen LogP contribution in [0.3, 0.4) is 0 Å². The summed E-state index contributed by atoms with van der Waals surface area (Å²) in [6.45, 7) is 2.41. The van der Waals surface area contributed by atoms with Crippen LogP contribution in [0.15, 0.2) is 18.2 Å². The monoisotopic (exact) mass is 282 g/mol. The van der Waals surface area contributed by atoms with Gasteiger partial charge >= 0.3 is 0 Å². The fourth-order valence-corrected chi connectivity index (χ4v) is 1.79. The molecule has 0 bridgehead atoms. The second kappa shape index (κ2) is 5.36. The highest BCUT2D eigenvalue weighted by Crippen LogP contribution is 2.22. The molecular formula is C12H12ClFN4O. The minimum Gasteiger partial charge on any atom is -0.369 e. The number of rotatable bonds is 4. The van der Waals surface area contributed by atoms with E-state index in [1.54, 1.807) is 10.7 Å². The minimum absolute atomic E-state index is 0.00306. The van der Waals surface area contributed by atoms with Crippen LogP contribution in [0.5, 0.6) is 0 Å². The zero-order valence-electron chi connectivity index (χ0n) is 10.2. The quantitative estimate of drug-likeness (QED) is 0.929. The number of nitrogens with zero attached hydrogens (tertiary/aromatic N) is 3. The third kappa shape index (κ3) is 2.90. The largest absolute Gasteiger partial charge is 0.369 e. The van der Waals surface area contributed by atoms with Crippen molar-refractivity contribution >= 4 is 17.5 Å². The molecule has 0 atom stereocenters. The lowest BCUT2D eigenvalue weighted by Gasteiger charge is -1.98. The van der Waals surface area contributed by atoms with Crippen LogP contribution in [0.4, 0.5) is 4.39 Å². The van der Waals surface area contributed by atoms with Gasteiger partial charge in [-0.1, -0.05) is 11.6 Å². The maximum absolute atomic E-state index is 13.4. The van der Waals surface area contributed by atoms with Gasteiger partial charge in [-0.25, -0.2) is 14.1 Å². The molecule has 0 spiro atoms. The average molecular weight is 283 g/mol. The summed E-state index contributed by atoms with van der Waals surface area (Å²) in [5.41, 5.74) is 5.64. The van der Waals surface area contributed by atoms with E-state index in [9.17, 15) is 9.18 Å². The molecule has 2 rings (SSSR count). The van der Waals surface area contributed by atoms with Gasteiger partial charge in [-0.05, 0) is 25.1 Å². The first-order valence-electron chi connectivity index (χ1n) is 5.68. The Morgan fingerprint density at radius 2 is 2.26 bits per heavy atom. The topological polar surface area (TPSA) is 73.8 Å². The van der Waals surface area contributed by atoms with Gasteiger partial charge in [0.1, 0.15) is 11.6 Å². The second-order valence-corrected chi connectivity index (χ2v) is 4.35. The van der Waals surface area contributed by atoms with Crippen molar-refractivity contribution in [2.75, 3.05) is 0 Å². The van der Waals surface area contributed by atoms with E-state index in [-0.39, 0.29) is 11.4 Å². The van der Waals surface area contributed by atoms with Gasteiger partial charge < -0.3 is 5.73 Å². The maximum Gasteiger partial charge on any atom is 0.225 e. The van der Waals surface area contributed by atoms with Crippen molar-refractivity contribution in [2.45, 2.75) is 19.9 Å². The predicted molar refractivity (Wildman–Crippen MR) is 69.0 cm³/mol. The van der Waals surface area contributed by atoms with Gasteiger partial charge in [0, 0.05) is 12.1 Å². The van der Waals surface area contributed by atoms with Crippen molar-refractivity contribution in [3.8, 4) is 11.4 Å². The molecule has 0 aliphatic heterocycles. The lowest BCUT2D eigenvalue weighted by Crippen LogP contribution is -2.17. The van der Waals surface area contributed by atoms with Crippen LogP contribution in [0.2, 0.25) is 5.02 Å². The molecule has 2 N–H and O–H groups in total. The number of carbonyl (C=O) groups excluding carboxylic acids is 1. The van der Waals surface area contributed by atoms with E-state index >= 15 is 0 Å². The van der Waals surface area contributed by atoms with Crippen LogP contribution in [-0.4, -0.2) is 20.7 Å². The fraction of sp³-hybridized carbons (Fsp3) is 0.250. The molecule has 0 aliphatic rings. The maximum atomic E-state index is 13.4. The summed E-state index contributed by atoms with van der Waals surface area (Å²) in [4.78, 5) is 15.1. The number of benzene rings is 1. The van der Waals surface area contributed by atoms with Gasteiger partial charge in [0.25, 0.3) is 0 Å². The summed E-state index contributed by atoms with van der Waals surface area (Å²) in [7, 11) is 0. The molecule has 100 valence electrons. The highest BCUT2D eigenvalue weighted by atomic mass is 35.5. The molecule has 7 heteroatoms. The van der Waals surface area contributed by atoms with E-state index in [0.29, 0.717) is 23.8 Å². The number of carbonyl (C=O) groups is 1. The molecule has 0 radical (unpaired) electrons. The lowest BCUT2D eigenvalue weighted by atomic mass is 10.2. The van der Waals surface area contributed by atoms with Crippen molar-refractivity contribution in [1.29, 1.82) is 0 Å². The van der Waals surface area contributed by atoms with Gasteiger partial charge in [0.15, 0.2) is 5.82 Å². The molecule has 19 heavy (non-hydrogen) atoms. The first-order chi connectivity index (χ1) is 9.01. The number of halogens is 2. The number of aryl methyl sites for hydroxylation is 1. The third-order valence-electron chi connectivity index (χ3n) is 2.56. The van der Waals surface area contributed by atoms with E-state index in [1.165, 1.54) is 12.1 Å². The van der Waals surface area contributed by atoms with Crippen LogP contribution in [0.25, 0.3) is 11.4 Å². The molecule has 0 saturated heterocycles. The molecule has 1 amide bonds. The Labute approximate surface area is 114 Å². The Balaban J connectivity index is 2.42. The molecule has 0 saturated carbocycles. The van der Waals surface area contributed by atoms with Gasteiger partial charge in [0.2, 0.25) is 5.91 Å². The minimum atomic E-state index is -0.538. The zero-order valence-corrected chi connectivity index (χ0v) is 11.0. The number of amides is 1. The van der Waals surface area contributed by atoms with E-state index in [2.05, 4.69) is 10.1 Å². The predicted octanol–water partition coefficient (Wildman–Crippen LogP) is 1.79. The summed E-state index contributed by atoms with van der Waals surface area (Å²) in [6, 6.07) is 4.31. The smallest absolute Gasteiger partial charge is 0.225 e. The number of primary amides is 1. The Kier molecular flexibility index (Phi) is 3.80. The Morgan fingerprint density at radius 1 is 1.53 bits per heavy atom. The Hall–Kier alpha value is -1.95. The summed E-state index contributed by atoms with van der Waals surface area (Å²) in [5, 5.41) is 4.25. The molecule has 1 aromatic carbocycles. The first kappa shape index (κ1) is 13.5. The van der Waals surface area contributed by atoms with E-state index in [0.717, 1.165) is 0 Å². The van der Waals surface area contributed by atoms with Crippen LogP contribution >= 0.6 is 11.6 Å². The number of hydrogen-bond donors (Lipinski definition) is 1. The molecule has 5 nitrogen and oxygen atoms in total. The van der Waals surface area contributed by atoms with Gasteiger partial charge in [-0.15, -0.1) is 0 Å². The molecule has 2 aromatic rings. The van der Waals surface area contributed by atoms with Crippen molar-refractivity contribution in [3.05, 3.63) is 34.9 Å². The summed E-state index contributed by atoms with van der Waals surface area (Å²) >= 11 is 5.62. The molecular weight excluding hydrogens is 271 g/mol. The molecule has 0 unspecified atom stereocenters. The molecule has 1 aromatic heterocycles. The number of aromatic nitrogens is 3. The van der Waals surface area contributed by atoms with Crippen molar-refractivity contribution in [3.63, 3.8) is 0 Å². The van der Waals surface area contributed by atoms with Gasteiger partial charge in [0.05, 0.1) is 11.4 Å². The van der Waals surface area contributed by atoms with Crippen LogP contribution in [0.1, 0.15) is 12.7 Å². The average Bonchev–Trinajstić information content (AvgIpc) is 2.75. The zero-order chi connectivity index (χ0) is 14.0. The normalized spacial score (nSPS) is 10.7. The summed E-state index contributed by atoms with van der Waals surface area (Å²) in [6.07, 6.45) is -0.00306. The van der Waals surface area contributed by atoms with Crippen molar-refractivity contribution in [1.82, 2.24) is 14.8 Å². The number of hydrogen-bond acceptors (Lipinski definition) is 3. The third-order valence-corrected chi connectivity index (χ3v) is 2.86. The SMILES string of the molecule is CCn1nc(-c2ccc(Cl)c(F)c2)nc1CC(N)=O. The fourth-order valence-electron chi connectivity index (χ4n) is 1.67. The van der Waals surface area contributed by atoms with Gasteiger partial charge in [-0.2, -0.15) is 5.10 Å². The first-order valence-corrected chi connectivity index (χ1v) is 6.06. The summed E-state index contributed by atoms with van der Waals surface area (Å²) < 4.78 is 15.0. The molecule has 0 aliphatic carbocycles. The van der Waals surface area contributed by atoms with Crippen molar-refractivity contribution < 1.29 is 9.18 Å². The van der Waals surface area contributed by atoms with Crippen LogP contribution in [-0.2, 0) is 17.8 Å². The standard InChI is InChI=1S/C12H12ClFN4O/c1-2-18-11(6-10(15)19)16-12(17-18)7-3-4-8(13)9(14)5-7/h3-5H,2,6H2,1H3,(H2,15,19). The summed E-state index contributed by atoms with van der Waals surface area (Å²) in [5.74, 6) is -0.228. The lowest BCUT2D eigenvalue weighted by molar-refractivity contribution is -0.117. The second-order valence-electron chi connectivity index (χ2n) is 3.94. The van der Waals surface area contributed by atoms with E-state index < -0.39 is 11.7 Å². The van der Waals surface area contributed by atoms with Crippen LogP contribution < -0.4 is 5.73 Å². The Bertz CT molecular complexity index is 626. The van der Waals surface area contributed by atoms with Crippen LogP contribution in [0, 0.1) is 5.82 Å². The van der Waals surface area contributed by atoms with Gasteiger partial charge in [-0.3, -0.25) is 4.79 Å². The van der Waals surface area contributed by atoms with E-state index in [1.807, 2.05) is 6.92 Å². The highest BCUT2D eigenvalue weighted by Gasteiger charge is 2.13. The van der Waals surface area contributed by atoms with E-state index in [4.69, 9.17) is 17.3 Å². The number of nitrogens with two attached hydrogens (primary N) is 1. The Morgan fingerprint density at radius 3 is 2.84 bits per heavy atom. The van der Waals surface area contributed by atoms with Crippen molar-refractivity contribution in [2.24, 2.45) is 5.73 Å². The molecule has 1 heterocycles. The molecule has 0 fully saturated rings. The highest BCUT2D eigenvalue weighted by molar-refractivity contribution is 6.30.